The average Bonchev–Trinajstić information content (AvgIpc) is 2.81. The Morgan fingerprint density at radius 2 is 2.13 bits per heavy atom. The molecule has 2 atom stereocenters. The normalized spacial score (nSPS) is 21.7. The van der Waals surface area contributed by atoms with E-state index in [2.05, 4.69) is 15.0 Å². The first-order valence-electron chi connectivity index (χ1n) is 7.44. The van der Waals surface area contributed by atoms with Gasteiger partial charge in [-0.05, 0) is 43.4 Å². The van der Waals surface area contributed by atoms with E-state index in [-0.39, 0.29) is 35.9 Å². The summed E-state index contributed by atoms with van der Waals surface area (Å²) in [6.45, 7) is 2.54. The summed E-state index contributed by atoms with van der Waals surface area (Å²) >= 11 is 0. The first-order valence-corrected chi connectivity index (χ1v) is 9.33. The van der Waals surface area contributed by atoms with Crippen molar-refractivity contribution >= 4 is 45.6 Å². The number of aryl methyl sites for hydroxylation is 1. The highest BCUT2D eigenvalue weighted by atomic mass is 127. The summed E-state index contributed by atoms with van der Waals surface area (Å²) in [6.07, 6.45) is 4.03. The van der Waals surface area contributed by atoms with E-state index in [9.17, 15) is 8.42 Å². The average molecular weight is 452 g/mol. The van der Waals surface area contributed by atoms with Gasteiger partial charge in [0.25, 0.3) is 0 Å². The van der Waals surface area contributed by atoms with E-state index < -0.39 is 10.0 Å². The van der Waals surface area contributed by atoms with Gasteiger partial charge in [0.2, 0.25) is 10.0 Å². The van der Waals surface area contributed by atoms with Crippen LogP contribution >= 0.6 is 24.0 Å². The predicted octanol–water partition coefficient (Wildman–Crippen LogP) is 2.06. The Bertz CT molecular complexity index is 649. The minimum absolute atomic E-state index is 0. The maximum atomic E-state index is 11.4. The molecule has 0 radical (unpaired) electrons. The molecule has 8 heteroatoms. The Labute approximate surface area is 155 Å². The summed E-state index contributed by atoms with van der Waals surface area (Å²) < 4.78 is 25.4. The third-order valence-corrected chi connectivity index (χ3v) is 4.54. The highest BCUT2D eigenvalue weighted by Gasteiger charge is 2.29. The number of rotatable bonds is 5. The molecule has 1 aliphatic rings. The molecule has 0 bridgehead atoms. The number of benzene rings is 1. The Balaban J connectivity index is 0.00000264. The fourth-order valence-corrected chi connectivity index (χ4v) is 3.67. The van der Waals surface area contributed by atoms with E-state index in [1.165, 1.54) is 6.26 Å². The molecule has 1 aromatic rings. The third kappa shape index (κ3) is 7.05. The summed E-state index contributed by atoms with van der Waals surface area (Å²) in [5, 5.41) is 3.06. The topological polar surface area (TPSA) is 96.6 Å². The standard InChI is InChI=1S/C15H24N4O2S.HI/c1-11-5-3-7-13(9-11)18-15(16)17-10-12-6-4-8-14(12)19-22(2,20)21;/h3,5,7,9,12,14,19H,4,6,8,10H2,1-2H3,(H3,16,17,18);1H. The molecule has 1 fully saturated rings. The number of hydrogen-bond acceptors (Lipinski definition) is 3. The van der Waals surface area contributed by atoms with Crippen LogP contribution in [0.25, 0.3) is 0 Å². The molecule has 0 amide bonds. The van der Waals surface area contributed by atoms with Crippen molar-refractivity contribution in [1.29, 1.82) is 0 Å². The van der Waals surface area contributed by atoms with E-state index in [1.54, 1.807) is 0 Å². The van der Waals surface area contributed by atoms with Crippen LogP contribution in [0.3, 0.4) is 0 Å². The van der Waals surface area contributed by atoms with E-state index >= 15 is 0 Å². The fourth-order valence-electron chi connectivity index (χ4n) is 2.81. The molecule has 0 spiro atoms. The van der Waals surface area contributed by atoms with E-state index in [0.29, 0.717) is 12.5 Å². The van der Waals surface area contributed by atoms with Crippen LogP contribution in [0.4, 0.5) is 5.69 Å². The number of hydrogen-bond donors (Lipinski definition) is 3. The molecular weight excluding hydrogens is 427 g/mol. The number of nitrogens with two attached hydrogens (primary N) is 1. The Kier molecular flexibility index (Phi) is 7.75. The monoisotopic (exact) mass is 452 g/mol. The van der Waals surface area contributed by atoms with Gasteiger partial charge in [-0.25, -0.2) is 13.1 Å². The van der Waals surface area contributed by atoms with Gasteiger partial charge in [0.1, 0.15) is 0 Å². The molecule has 6 nitrogen and oxygen atoms in total. The van der Waals surface area contributed by atoms with Gasteiger partial charge in [0.05, 0.1) is 6.26 Å². The maximum absolute atomic E-state index is 11.4. The Morgan fingerprint density at radius 3 is 2.78 bits per heavy atom. The van der Waals surface area contributed by atoms with E-state index in [1.807, 2.05) is 31.2 Å². The number of nitrogens with zero attached hydrogens (tertiary/aromatic N) is 1. The number of nitrogens with one attached hydrogen (secondary N) is 2. The molecule has 130 valence electrons. The van der Waals surface area contributed by atoms with Crippen LogP contribution in [0.5, 0.6) is 0 Å². The molecule has 0 saturated heterocycles. The molecule has 0 aromatic heterocycles. The molecule has 1 aliphatic carbocycles. The number of sulfonamides is 1. The molecule has 23 heavy (non-hydrogen) atoms. The van der Waals surface area contributed by atoms with Crippen molar-refractivity contribution in [3.63, 3.8) is 0 Å². The molecular formula is C15H25IN4O2S. The van der Waals surface area contributed by atoms with E-state index in [0.717, 1.165) is 30.5 Å². The highest BCUT2D eigenvalue weighted by molar-refractivity contribution is 14.0. The van der Waals surface area contributed by atoms with Gasteiger partial charge in [0.15, 0.2) is 5.96 Å². The Hall–Kier alpha value is -0.870. The Morgan fingerprint density at radius 1 is 1.39 bits per heavy atom. The SMILES string of the molecule is Cc1cccc(NC(N)=NCC2CCCC2NS(C)(=O)=O)c1.I. The predicted molar refractivity (Wildman–Crippen MR) is 106 cm³/mol. The first-order chi connectivity index (χ1) is 10.3. The molecule has 1 saturated carbocycles. The summed E-state index contributed by atoms with van der Waals surface area (Å²) in [5.41, 5.74) is 7.95. The van der Waals surface area contributed by atoms with Crippen molar-refractivity contribution in [2.45, 2.75) is 32.2 Å². The quantitative estimate of drug-likeness (QED) is 0.362. The largest absolute Gasteiger partial charge is 0.370 e. The van der Waals surface area contributed by atoms with Crippen molar-refractivity contribution < 1.29 is 8.42 Å². The number of halogens is 1. The van der Waals surface area contributed by atoms with Gasteiger partial charge >= 0.3 is 0 Å². The van der Waals surface area contributed by atoms with Crippen LogP contribution in [0.2, 0.25) is 0 Å². The zero-order valence-corrected chi connectivity index (χ0v) is 16.6. The van der Waals surface area contributed by atoms with E-state index in [4.69, 9.17) is 5.73 Å². The summed E-state index contributed by atoms with van der Waals surface area (Å²) in [5.74, 6) is 0.559. The highest BCUT2D eigenvalue weighted by Crippen LogP contribution is 2.26. The molecule has 2 rings (SSSR count). The van der Waals surface area contributed by atoms with Crippen molar-refractivity contribution in [3.05, 3.63) is 29.8 Å². The lowest BCUT2D eigenvalue weighted by atomic mass is 10.1. The van der Waals surface area contributed by atoms with Gasteiger partial charge in [-0.2, -0.15) is 0 Å². The zero-order chi connectivity index (χ0) is 16.2. The number of guanidine groups is 1. The van der Waals surface area contributed by atoms with Crippen LogP contribution in [0.1, 0.15) is 24.8 Å². The molecule has 4 N–H and O–H groups in total. The van der Waals surface area contributed by atoms with Gasteiger partial charge in [-0.15, -0.1) is 24.0 Å². The summed E-state index contributed by atoms with van der Waals surface area (Å²) in [7, 11) is -3.18. The zero-order valence-electron chi connectivity index (χ0n) is 13.5. The third-order valence-electron chi connectivity index (χ3n) is 3.81. The van der Waals surface area contributed by atoms with Crippen LogP contribution in [-0.2, 0) is 10.0 Å². The van der Waals surface area contributed by atoms with Gasteiger partial charge < -0.3 is 11.1 Å². The first kappa shape index (κ1) is 20.2. The maximum Gasteiger partial charge on any atom is 0.208 e. The second kappa shape index (κ2) is 8.84. The lowest BCUT2D eigenvalue weighted by molar-refractivity contribution is 0.455. The van der Waals surface area contributed by atoms with Crippen LogP contribution < -0.4 is 15.8 Å². The smallest absolute Gasteiger partial charge is 0.208 e. The van der Waals surface area contributed by atoms with Crippen molar-refractivity contribution in [2.75, 3.05) is 18.1 Å². The molecule has 1 aromatic carbocycles. The minimum atomic E-state index is -3.18. The number of aliphatic imine (C=N–C) groups is 1. The van der Waals surface area contributed by atoms with Gasteiger partial charge in [-0.3, -0.25) is 4.99 Å². The summed E-state index contributed by atoms with van der Waals surface area (Å²) in [6, 6.07) is 7.85. The van der Waals surface area contributed by atoms with Gasteiger partial charge in [-0.1, -0.05) is 18.6 Å². The van der Waals surface area contributed by atoms with Crippen LogP contribution in [-0.4, -0.2) is 33.2 Å². The minimum Gasteiger partial charge on any atom is -0.370 e. The second-order valence-electron chi connectivity index (χ2n) is 5.91. The van der Waals surface area contributed by atoms with Crippen molar-refractivity contribution in [1.82, 2.24) is 4.72 Å². The second-order valence-corrected chi connectivity index (χ2v) is 7.69. The molecule has 0 heterocycles. The lowest BCUT2D eigenvalue weighted by Gasteiger charge is -2.18. The number of anilines is 1. The molecule has 2 unspecified atom stereocenters. The molecule has 0 aliphatic heterocycles. The van der Waals surface area contributed by atoms with Gasteiger partial charge in [0, 0.05) is 18.3 Å². The van der Waals surface area contributed by atoms with Crippen molar-refractivity contribution in [2.24, 2.45) is 16.6 Å². The summed E-state index contributed by atoms with van der Waals surface area (Å²) in [4.78, 5) is 4.36. The van der Waals surface area contributed by atoms with Crippen LogP contribution in [0.15, 0.2) is 29.3 Å². The van der Waals surface area contributed by atoms with Crippen LogP contribution in [0, 0.1) is 12.8 Å². The lowest BCUT2D eigenvalue weighted by Crippen LogP contribution is -2.38. The fraction of sp³-hybridized carbons (Fsp3) is 0.533. The van der Waals surface area contributed by atoms with Crippen molar-refractivity contribution in [3.8, 4) is 0 Å².